The molecule has 0 spiro atoms. The molecule has 0 aliphatic carbocycles. The third-order valence-electron chi connectivity index (χ3n) is 5.59. The normalized spacial score (nSPS) is 12.2. The Morgan fingerprint density at radius 1 is 1.13 bits per heavy atom. The predicted molar refractivity (Wildman–Crippen MR) is 143 cm³/mol. The standard InChI is InChI=1S/C25H25N3O7S2.Na/c1-17-21(26-12-11-23(17)35-14-6-13-34-2)16-36(31)25-27-20-9-3-4-10-22(20)28(25)37(32,33)19-8-5-7-18(15-19)24(29)30;/h3-5,7-12,15H,6,13-14,16H2,1-2H3,(H,29,30);. The Hall–Kier alpha value is -2.45. The molecule has 0 aliphatic heterocycles. The molecule has 2 heterocycles. The zero-order valence-electron chi connectivity index (χ0n) is 21.2. The van der Waals surface area contributed by atoms with Gasteiger partial charge in [-0.05, 0) is 43.3 Å². The molecule has 1 unspecified atom stereocenters. The summed E-state index contributed by atoms with van der Waals surface area (Å²) in [6.07, 6.45) is 2.24. The number of fused-ring (bicyclic) bond motifs is 1. The molecule has 38 heavy (non-hydrogen) atoms. The van der Waals surface area contributed by atoms with Gasteiger partial charge in [0.15, 0.2) is 5.75 Å². The number of carboxylic acids is 1. The van der Waals surface area contributed by atoms with Crippen LogP contribution in [-0.4, -0.2) is 87.9 Å². The van der Waals surface area contributed by atoms with Crippen LogP contribution in [0.1, 0.15) is 28.0 Å². The van der Waals surface area contributed by atoms with Gasteiger partial charge in [0.25, 0.3) is 10.0 Å². The minimum atomic E-state index is -4.34. The van der Waals surface area contributed by atoms with Gasteiger partial charge in [-0.2, -0.15) is 8.96 Å². The van der Waals surface area contributed by atoms with E-state index < -0.39 is 27.2 Å². The van der Waals surface area contributed by atoms with E-state index in [0.29, 0.717) is 42.2 Å². The van der Waals surface area contributed by atoms with Crippen LogP contribution in [0.5, 0.6) is 5.75 Å². The summed E-state index contributed by atoms with van der Waals surface area (Å²) in [5.74, 6) is -0.776. The van der Waals surface area contributed by atoms with Gasteiger partial charge < -0.3 is 19.1 Å². The van der Waals surface area contributed by atoms with E-state index >= 15 is 0 Å². The SMILES string of the molecule is COCCCOc1ccnc(C[S+]([O-])c2nc3ccccc3n2S(=O)(=O)c2cccc(C(=O)O)c2)c1C.[Na]. The second-order valence-electron chi connectivity index (χ2n) is 8.05. The summed E-state index contributed by atoms with van der Waals surface area (Å²) in [4.78, 5) is 19.9. The number of hydrogen-bond acceptors (Lipinski definition) is 8. The number of carbonyl (C=O) groups is 1. The number of para-hydroxylation sites is 2. The topological polar surface area (TPSA) is 144 Å². The molecular formula is C25H25N3NaO7S2. The minimum Gasteiger partial charge on any atom is -0.609 e. The average molecular weight is 567 g/mol. The Bertz CT molecular complexity index is 1540. The van der Waals surface area contributed by atoms with Gasteiger partial charge in [-0.15, -0.1) is 0 Å². The number of aromatic nitrogens is 3. The summed E-state index contributed by atoms with van der Waals surface area (Å²) in [7, 11) is -2.73. The molecule has 1 N–H and O–H groups in total. The predicted octanol–water partition coefficient (Wildman–Crippen LogP) is 3.02. The number of imidazole rings is 1. The molecule has 0 bridgehead atoms. The van der Waals surface area contributed by atoms with Gasteiger partial charge in [0, 0.05) is 72.6 Å². The van der Waals surface area contributed by atoms with Crippen molar-refractivity contribution in [3.8, 4) is 5.75 Å². The first-order chi connectivity index (χ1) is 17.7. The number of rotatable bonds is 11. The van der Waals surface area contributed by atoms with Crippen LogP contribution in [0.15, 0.2) is 70.8 Å². The van der Waals surface area contributed by atoms with Crippen molar-refractivity contribution in [3.05, 3.63) is 77.6 Å². The van der Waals surface area contributed by atoms with E-state index in [1.165, 1.54) is 18.2 Å². The van der Waals surface area contributed by atoms with Crippen molar-refractivity contribution in [1.29, 1.82) is 0 Å². The molecule has 1 radical (unpaired) electrons. The first-order valence-corrected chi connectivity index (χ1v) is 14.0. The summed E-state index contributed by atoms with van der Waals surface area (Å²) in [5, 5.41) is 9.14. The van der Waals surface area contributed by atoms with E-state index in [1.807, 2.05) is 0 Å². The van der Waals surface area contributed by atoms with Gasteiger partial charge >= 0.3 is 11.1 Å². The summed E-state index contributed by atoms with van der Waals surface area (Å²) in [6.45, 7) is 2.79. The molecule has 0 aliphatic rings. The fourth-order valence-corrected chi connectivity index (χ4v) is 6.78. The molecular weight excluding hydrogens is 541 g/mol. The fraction of sp³-hybridized carbons (Fsp3) is 0.240. The van der Waals surface area contributed by atoms with Crippen molar-refractivity contribution in [2.24, 2.45) is 0 Å². The van der Waals surface area contributed by atoms with E-state index in [1.54, 1.807) is 50.6 Å². The summed E-state index contributed by atoms with van der Waals surface area (Å²) >= 11 is -1.92. The Morgan fingerprint density at radius 3 is 2.63 bits per heavy atom. The number of benzene rings is 2. The molecule has 0 amide bonds. The maximum Gasteiger partial charge on any atom is 0.338 e. The van der Waals surface area contributed by atoms with Gasteiger partial charge in [0.2, 0.25) is 0 Å². The Morgan fingerprint density at radius 2 is 1.89 bits per heavy atom. The second-order valence-corrected chi connectivity index (χ2v) is 11.2. The van der Waals surface area contributed by atoms with Crippen molar-refractivity contribution < 1.29 is 32.3 Å². The van der Waals surface area contributed by atoms with E-state index in [2.05, 4.69) is 9.97 Å². The number of hydrogen-bond donors (Lipinski definition) is 1. The van der Waals surface area contributed by atoms with E-state index in [0.717, 1.165) is 10.0 Å². The molecule has 10 nitrogen and oxygen atoms in total. The smallest absolute Gasteiger partial charge is 0.338 e. The quantitative estimate of drug-likeness (QED) is 0.165. The summed E-state index contributed by atoms with van der Waals surface area (Å²) < 4.78 is 52.7. The largest absolute Gasteiger partial charge is 0.609 e. The van der Waals surface area contributed by atoms with Crippen LogP contribution in [-0.2, 0) is 31.7 Å². The molecule has 2 aromatic carbocycles. The average Bonchev–Trinajstić information content (AvgIpc) is 3.29. The molecule has 4 aromatic rings. The van der Waals surface area contributed by atoms with Gasteiger partial charge in [0.05, 0.1) is 33.8 Å². The second kappa shape index (κ2) is 13.1. The number of pyridine rings is 1. The molecule has 195 valence electrons. The zero-order valence-corrected chi connectivity index (χ0v) is 24.8. The van der Waals surface area contributed by atoms with E-state index in [4.69, 9.17) is 9.47 Å². The number of nitrogens with zero attached hydrogens (tertiary/aromatic N) is 3. The van der Waals surface area contributed by atoms with Crippen LogP contribution in [0.4, 0.5) is 0 Å². The molecule has 1 atom stereocenters. The van der Waals surface area contributed by atoms with Gasteiger partial charge in [-0.25, -0.2) is 13.2 Å². The minimum absolute atomic E-state index is 0. The maximum absolute atomic E-state index is 13.7. The van der Waals surface area contributed by atoms with Crippen molar-refractivity contribution in [3.63, 3.8) is 0 Å². The third kappa shape index (κ3) is 6.40. The first kappa shape index (κ1) is 30.1. The van der Waals surface area contributed by atoms with Crippen LogP contribution in [0.25, 0.3) is 11.0 Å². The number of methoxy groups -OCH3 is 1. The maximum atomic E-state index is 13.7. The van der Waals surface area contributed by atoms with Crippen molar-refractivity contribution in [1.82, 2.24) is 13.9 Å². The van der Waals surface area contributed by atoms with Crippen molar-refractivity contribution in [2.75, 3.05) is 20.3 Å². The monoisotopic (exact) mass is 566 g/mol. The Labute approximate surface area is 245 Å². The Kier molecular flexibility index (Phi) is 10.4. The van der Waals surface area contributed by atoms with Gasteiger partial charge in [-0.3, -0.25) is 4.98 Å². The molecule has 2 aromatic heterocycles. The summed E-state index contributed by atoms with van der Waals surface area (Å²) in [6, 6.07) is 13.2. The Balaban J connectivity index is 0.00000400. The van der Waals surface area contributed by atoms with Crippen LogP contribution in [0, 0.1) is 6.92 Å². The number of aromatic carboxylic acids is 1. The number of carboxylic acid groups (broad SMARTS) is 1. The van der Waals surface area contributed by atoms with E-state index in [9.17, 15) is 22.9 Å². The van der Waals surface area contributed by atoms with Crippen molar-refractivity contribution >= 4 is 67.8 Å². The molecule has 4 rings (SSSR count). The molecule has 0 fully saturated rings. The van der Waals surface area contributed by atoms with E-state index in [-0.39, 0.29) is 56.4 Å². The van der Waals surface area contributed by atoms with Crippen LogP contribution < -0.4 is 4.74 Å². The third-order valence-corrected chi connectivity index (χ3v) is 8.62. The van der Waals surface area contributed by atoms with Crippen LogP contribution >= 0.6 is 0 Å². The first-order valence-electron chi connectivity index (χ1n) is 11.2. The fourth-order valence-electron chi connectivity index (χ4n) is 3.69. The van der Waals surface area contributed by atoms with Crippen molar-refractivity contribution in [2.45, 2.75) is 29.1 Å². The molecule has 0 saturated heterocycles. The van der Waals surface area contributed by atoms with Crippen LogP contribution in [0.2, 0.25) is 0 Å². The van der Waals surface area contributed by atoms with Gasteiger partial charge in [-0.1, -0.05) is 18.2 Å². The van der Waals surface area contributed by atoms with Gasteiger partial charge in [0.1, 0.15) is 5.75 Å². The van der Waals surface area contributed by atoms with Crippen LogP contribution in [0.3, 0.4) is 0 Å². The molecule has 13 heteroatoms. The summed E-state index contributed by atoms with van der Waals surface area (Å²) in [5.41, 5.74) is 1.55. The number of ether oxygens (including phenoxy) is 2. The zero-order chi connectivity index (χ0) is 26.6. The molecule has 0 saturated carbocycles.